The molecule has 0 saturated heterocycles. The number of ketones is 1. The van der Waals surface area contributed by atoms with E-state index in [1.54, 1.807) is 43.5 Å². The summed E-state index contributed by atoms with van der Waals surface area (Å²) in [6.45, 7) is 2.72. The number of H-pyrrole nitrogens is 1. The molecule has 6 rings (SSSR count). The number of rotatable bonds is 4. The lowest BCUT2D eigenvalue weighted by Gasteiger charge is -2.21. The first-order valence-corrected chi connectivity index (χ1v) is 11.7. The van der Waals surface area contributed by atoms with Gasteiger partial charge in [-0.3, -0.25) is 9.59 Å². The molecular formula is C27H21F2N5O3. The van der Waals surface area contributed by atoms with Crippen LogP contribution in [0.5, 0.6) is 0 Å². The summed E-state index contributed by atoms with van der Waals surface area (Å²) in [5.74, 6) is -1.72. The van der Waals surface area contributed by atoms with Gasteiger partial charge < -0.3 is 15.0 Å². The van der Waals surface area contributed by atoms with Crippen LogP contribution < -0.4 is 16.7 Å². The SMILES string of the molecule is CC(=O)c1c(-n2c(=O)[nH]c3ccccc3c2=O)c2cc(C)c(F)cc2n1CC1=CC2NN=CC2C=C1F. The fraction of sp³-hybridized carbons (Fsp3) is 0.185. The molecular weight excluding hydrogens is 480 g/mol. The van der Waals surface area contributed by atoms with Crippen LogP contribution in [0.1, 0.15) is 23.0 Å². The number of nitrogens with zero attached hydrogens (tertiary/aromatic N) is 3. The predicted octanol–water partition coefficient (Wildman–Crippen LogP) is 3.65. The van der Waals surface area contributed by atoms with Crippen molar-refractivity contribution < 1.29 is 13.6 Å². The minimum absolute atomic E-state index is 0.00524. The third kappa shape index (κ3) is 3.47. The Labute approximate surface area is 208 Å². The number of halogens is 2. The molecule has 0 radical (unpaired) electrons. The van der Waals surface area contributed by atoms with E-state index in [0.29, 0.717) is 10.9 Å². The highest BCUT2D eigenvalue weighted by molar-refractivity contribution is 6.06. The lowest BCUT2D eigenvalue weighted by Crippen LogP contribution is -2.34. The molecule has 186 valence electrons. The molecule has 2 atom stereocenters. The van der Waals surface area contributed by atoms with Crippen LogP contribution in [0.25, 0.3) is 27.5 Å². The molecule has 1 aliphatic carbocycles. The van der Waals surface area contributed by atoms with E-state index in [9.17, 15) is 18.8 Å². The molecule has 1 aliphatic heterocycles. The second-order valence-electron chi connectivity index (χ2n) is 9.29. The number of para-hydroxylation sites is 1. The molecule has 4 aromatic rings. The van der Waals surface area contributed by atoms with E-state index in [4.69, 9.17) is 0 Å². The topological polar surface area (TPSA) is 101 Å². The van der Waals surface area contributed by atoms with E-state index in [-0.39, 0.29) is 51.9 Å². The Hall–Kier alpha value is -4.60. The molecule has 0 spiro atoms. The Morgan fingerprint density at radius 3 is 2.68 bits per heavy atom. The van der Waals surface area contributed by atoms with Gasteiger partial charge in [-0.1, -0.05) is 18.2 Å². The number of hydrazone groups is 1. The minimum atomic E-state index is -0.745. The second-order valence-corrected chi connectivity index (χ2v) is 9.29. The highest BCUT2D eigenvalue weighted by atomic mass is 19.1. The normalized spacial score (nSPS) is 18.6. The van der Waals surface area contributed by atoms with Crippen LogP contribution in [0, 0.1) is 18.7 Å². The van der Waals surface area contributed by atoms with E-state index in [0.717, 1.165) is 4.57 Å². The third-order valence-electron chi connectivity index (χ3n) is 6.92. The van der Waals surface area contributed by atoms with E-state index >= 15 is 4.39 Å². The Morgan fingerprint density at radius 1 is 1.11 bits per heavy atom. The fourth-order valence-corrected chi connectivity index (χ4v) is 5.13. The van der Waals surface area contributed by atoms with Crippen molar-refractivity contribution in [2.24, 2.45) is 11.0 Å². The average Bonchev–Trinajstić information content (AvgIpc) is 3.42. The van der Waals surface area contributed by atoms with Crippen molar-refractivity contribution in [1.82, 2.24) is 19.5 Å². The zero-order valence-electron chi connectivity index (χ0n) is 19.9. The van der Waals surface area contributed by atoms with Gasteiger partial charge in [-0.2, -0.15) is 5.10 Å². The van der Waals surface area contributed by atoms with Crippen LogP contribution in [0.15, 0.2) is 74.6 Å². The average molecular weight is 501 g/mol. The number of aromatic amines is 1. The number of fused-ring (bicyclic) bond motifs is 3. The van der Waals surface area contributed by atoms with Crippen molar-refractivity contribution in [3.8, 4) is 5.69 Å². The maximum absolute atomic E-state index is 15.1. The molecule has 2 unspecified atom stereocenters. The van der Waals surface area contributed by atoms with E-state index in [1.807, 2.05) is 0 Å². The molecule has 0 bridgehead atoms. The monoisotopic (exact) mass is 501 g/mol. The Bertz CT molecular complexity index is 1860. The smallest absolute Gasteiger partial charge is 0.332 e. The number of allylic oxidation sites excluding steroid dienone is 2. The number of carbonyl (C=O) groups excluding carboxylic acids is 1. The number of hydrogen-bond donors (Lipinski definition) is 2. The molecule has 8 nitrogen and oxygen atoms in total. The Balaban J connectivity index is 1.67. The van der Waals surface area contributed by atoms with Crippen LogP contribution in [-0.4, -0.2) is 32.2 Å². The van der Waals surface area contributed by atoms with Gasteiger partial charge >= 0.3 is 5.69 Å². The lowest BCUT2D eigenvalue weighted by atomic mass is 9.93. The van der Waals surface area contributed by atoms with E-state index in [1.165, 1.54) is 29.7 Å². The van der Waals surface area contributed by atoms with Crippen molar-refractivity contribution in [3.63, 3.8) is 0 Å². The van der Waals surface area contributed by atoms with Gasteiger partial charge in [0.1, 0.15) is 17.3 Å². The van der Waals surface area contributed by atoms with Gasteiger partial charge in [0.2, 0.25) is 0 Å². The molecule has 0 fully saturated rings. The number of aryl methyl sites for hydroxylation is 1. The van der Waals surface area contributed by atoms with Crippen LogP contribution in [0.2, 0.25) is 0 Å². The predicted molar refractivity (Wildman–Crippen MR) is 137 cm³/mol. The van der Waals surface area contributed by atoms with Crippen molar-refractivity contribution in [1.29, 1.82) is 0 Å². The number of nitrogens with one attached hydrogen (secondary N) is 2. The van der Waals surface area contributed by atoms with Crippen molar-refractivity contribution in [2.45, 2.75) is 26.4 Å². The summed E-state index contributed by atoms with van der Waals surface area (Å²) < 4.78 is 32.3. The molecule has 2 aromatic heterocycles. The van der Waals surface area contributed by atoms with Crippen LogP contribution in [-0.2, 0) is 6.54 Å². The Kier molecular flexibility index (Phi) is 5.08. The molecule has 2 aliphatic rings. The molecule has 2 aromatic carbocycles. The summed E-state index contributed by atoms with van der Waals surface area (Å²) in [5.41, 5.74) is 2.71. The summed E-state index contributed by atoms with van der Waals surface area (Å²) in [5, 5.41) is 4.57. The van der Waals surface area contributed by atoms with Crippen molar-refractivity contribution in [3.05, 3.63) is 97.9 Å². The quantitative estimate of drug-likeness (QED) is 0.417. The number of benzene rings is 2. The first-order chi connectivity index (χ1) is 17.7. The van der Waals surface area contributed by atoms with Gasteiger partial charge in [0.15, 0.2) is 5.78 Å². The van der Waals surface area contributed by atoms with E-state index in [2.05, 4.69) is 15.5 Å². The molecule has 0 saturated carbocycles. The number of aromatic nitrogens is 3. The first kappa shape index (κ1) is 22.8. The fourth-order valence-electron chi connectivity index (χ4n) is 5.13. The largest absolute Gasteiger partial charge is 0.333 e. The van der Waals surface area contributed by atoms with Crippen molar-refractivity contribution >= 4 is 33.8 Å². The summed E-state index contributed by atoms with van der Waals surface area (Å²) in [4.78, 5) is 42.5. The third-order valence-corrected chi connectivity index (χ3v) is 6.92. The first-order valence-electron chi connectivity index (χ1n) is 11.7. The summed E-state index contributed by atoms with van der Waals surface area (Å²) in [6.07, 6.45) is 4.73. The maximum atomic E-state index is 15.1. The number of Topliss-reactive ketones (excluding diaryl/α,β-unsaturated/α-hetero) is 1. The highest BCUT2D eigenvalue weighted by Crippen LogP contribution is 2.34. The highest BCUT2D eigenvalue weighted by Gasteiger charge is 2.30. The summed E-state index contributed by atoms with van der Waals surface area (Å²) >= 11 is 0. The molecule has 37 heavy (non-hydrogen) atoms. The summed E-state index contributed by atoms with van der Waals surface area (Å²) in [7, 11) is 0. The van der Waals surface area contributed by atoms with E-state index < -0.39 is 28.7 Å². The molecule has 0 amide bonds. The zero-order chi connectivity index (χ0) is 26.0. The second kappa shape index (κ2) is 8.22. The molecule has 10 heteroatoms. The van der Waals surface area contributed by atoms with Crippen molar-refractivity contribution in [2.75, 3.05) is 0 Å². The van der Waals surface area contributed by atoms with Gasteiger partial charge in [0.05, 0.1) is 34.7 Å². The lowest BCUT2D eigenvalue weighted by molar-refractivity contribution is 0.100. The van der Waals surface area contributed by atoms with Gasteiger partial charge in [-0.15, -0.1) is 0 Å². The Morgan fingerprint density at radius 2 is 1.89 bits per heavy atom. The van der Waals surface area contributed by atoms with Gasteiger partial charge in [0.25, 0.3) is 5.56 Å². The van der Waals surface area contributed by atoms with Gasteiger partial charge in [0, 0.05) is 30.0 Å². The van der Waals surface area contributed by atoms with Crippen LogP contribution in [0.3, 0.4) is 0 Å². The van der Waals surface area contributed by atoms with Gasteiger partial charge in [-0.05, 0) is 42.8 Å². The number of hydrogen-bond acceptors (Lipinski definition) is 5. The zero-order valence-corrected chi connectivity index (χ0v) is 19.9. The molecule has 2 N–H and O–H groups in total. The van der Waals surface area contributed by atoms with Gasteiger partial charge in [-0.25, -0.2) is 18.1 Å². The summed E-state index contributed by atoms with van der Waals surface area (Å²) in [6, 6.07) is 9.02. The minimum Gasteiger partial charge on any atom is -0.332 e. The standard InChI is InChI=1S/C27H21F2N5O3/c1-13-7-18-23(10-19(13)28)33(12-16-9-22-15(8-20(16)29)11-30-32-22)24(14(2)35)25(18)34-26(36)17-5-3-4-6-21(17)31-27(34)37/h3-11,15,22,32H,12H2,1-2H3,(H,31,37). The molecule has 3 heterocycles. The number of carbonyl (C=O) groups is 1. The maximum Gasteiger partial charge on any atom is 0.333 e. The van der Waals surface area contributed by atoms with Crippen LogP contribution >= 0.6 is 0 Å². The van der Waals surface area contributed by atoms with Crippen LogP contribution in [0.4, 0.5) is 8.78 Å².